The summed E-state index contributed by atoms with van der Waals surface area (Å²) in [5.41, 5.74) is -0.857. The molecular weight excluding hydrogens is 216 g/mol. The van der Waals surface area contributed by atoms with Crippen LogP contribution in [-0.2, 0) is 4.79 Å². The normalized spacial score (nSPS) is 24.2. The predicted octanol–water partition coefficient (Wildman–Crippen LogP) is 2.83. The van der Waals surface area contributed by atoms with Gasteiger partial charge < -0.3 is 9.47 Å². The lowest BCUT2D eigenvalue weighted by atomic mass is 9.89. The van der Waals surface area contributed by atoms with Gasteiger partial charge in [0, 0.05) is 5.92 Å². The number of Topliss-reactive ketones (excluding diaryl/α,β-unsaturated/α-hetero) is 1. The second-order valence-corrected chi connectivity index (χ2v) is 4.74. The molecule has 17 heavy (non-hydrogen) atoms. The average molecular weight is 234 g/mol. The molecule has 0 radical (unpaired) electrons. The summed E-state index contributed by atoms with van der Waals surface area (Å²) < 4.78 is 11.4. The van der Waals surface area contributed by atoms with Crippen LogP contribution in [-0.4, -0.2) is 18.0 Å². The van der Waals surface area contributed by atoms with Gasteiger partial charge in [-0.2, -0.15) is 0 Å². The van der Waals surface area contributed by atoms with Crippen molar-refractivity contribution in [3.05, 3.63) is 24.3 Å². The van der Waals surface area contributed by atoms with Gasteiger partial charge in [-0.25, -0.2) is 0 Å². The summed E-state index contributed by atoms with van der Waals surface area (Å²) in [5.74, 6) is 1.46. The van der Waals surface area contributed by atoms with E-state index in [1.54, 1.807) is 6.92 Å². The molecule has 2 unspecified atom stereocenters. The Balaban J connectivity index is 2.23. The summed E-state index contributed by atoms with van der Waals surface area (Å²) in [4.78, 5) is 12.3. The zero-order valence-electron chi connectivity index (χ0n) is 10.5. The number of ketones is 1. The molecule has 0 amide bonds. The first-order chi connectivity index (χ1) is 8.07. The molecule has 0 saturated heterocycles. The van der Waals surface area contributed by atoms with Gasteiger partial charge in [0.1, 0.15) is 6.61 Å². The van der Waals surface area contributed by atoms with Crippen molar-refractivity contribution in [2.45, 2.75) is 32.8 Å². The molecule has 3 nitrogen and oxygen atoms in total. The lowest BCUT2D eigenvalue weighted by Gasteiger charge is -2.35. The summed E-state index contributed by atoms with van der Waals surface area (Å²) in [6, 6.07) is 7.45. The summed E-state index contributed by atoms with van der Waals surface area (Å²) in [6.07, 6.45) is 0.819. The molecule has 2 atom stereocenters. The highest BCUT2D eigenvalue weighted by atomic mass is 16.6. The zero-order valence-corrected chi connectivity index (χ0v) is 10.5. The molecule has 1 aliphatic heterocycles. The van der Waals surface area contributed by atoms with Crippen molar-refractivity contribution < 1.29 is 14.3 Å². The number of hydrogen-bond acceptors (Lipinski definition) is 3. The molecule has 0 bridgehead atoms. The van der Waals surface area contributed by atoms with Gasteiger partial charge >= 0.3 is 0 Å². The Morgan fingerprint density at radius 3 is 2.71 bits per heavy atom. The van der Waals surface area contributed by atoms with Crippen LogP contribution >= 0.6 is 0 Å². The quantitative estimate of drug-likeness (QED) is 0.806. The van der Waals surface area contributed by atoms with E-state index in [0.29, 0.717) is 11.5 Å². The summed E-state index contributed by atoms with van der Waals surface area (Å²) in [7, 11) is 0. The SMILES string of the molecule is CCC(C)C(=O)C1(C)COc2ccccc2O1. The van der Waals surface area contributed by atoms with E-state index in [-0.39, 0.29) is 18.3 Å². The predicted molar refractivity (Wildman–Crippen MR) is 65.4 cm³/mol. The highest BCUT2D eigenvalue weighted by Gasteiger charge is 2.41. The van der Waals surface area contributed by atoms with E-state index in [9.17, 15) is 4.79 Å². The van der Waals surface area contributed by atoms with Gasteiger partial charge in [-0.15, -0.1) is 0 Å². The minimum absolute atomic E-state index is 0.00568. The van der Waals surface area contributed by atoms with Crippen molar-refractivity contribution in [1.29, 1.82) is 0 Å². The number of ether oxygens (including phenoxy) is 2. The van der Waals surface area contributed by atoms with E-state index in [4.69, 9.17) is 9.47 Å². The number of carbonyl (C=O) groups is 1. The topological polar surface area (TPSA) is 35.5 Å². The number of benzene rings is 1. The van der Waals surface area contributed by atoms with Crippen molar-refractivity contribution in [3.63, 3.8) is 0 Å². The molecule has 0 spiro atoms. The third-order valence-electron chi connectivity index (χ3n) is 3.27. The second kappa shape index (κ2) is 4.40. The number of carbonyl (C=O) groups excluding carboxylic acids is 1. The molecule has 92 valence electrons. The van der Waals surface area contributed by atoms with E-state index < -0.39 is 5.60 Å². The number of rotatable bonds is 3. The summed E-state index contributed by atoms with van der Waals surface area (Å²) >= 11 is 0. The molecule has 1 aromatic rings. The van der Waals surface area contributed by atoms with Crippen LogP contribution < -0.4 is 9.47 Å². The van der Waals surface area contributed by atoms with Crippen molar-refractivity contribution in [2.75, 3.05) is 6.61 Å². The number of fused-ring (bicyclic) bond motifs is 1. The first kappa shape index (κ1) is 12.0. The molecule has 0 fully saturated rings. The molecule has 3 heteroatoms. The van der Waals surface area contributed by atoms with Crippen LogP contribution in [0.4, 0.5) is 0 Å². The second-order valence-electron chi connectivity index (χ2n) is 4.74. The van der Waals surface area contributed by atoms with Crippen molar-refractivity contribution >= 4 is 5.78 Å². The fourth-order valence-electron chi connectivity index (χ4n) is 1.97. The molecular formula is C14H18O3. The number of hydrogen-bond donors (Lipinski definition) is 0. The largest absolute Gasteiger partial charge is 0.485 e. The van der Waals surface area contributed by atoms with E-state index in [0.717, 1.165) is 6.42 Å². The fourth-order valence-corrected chi connectivity index (χ4v) is 1.97. The van der Waals surface area contributed by atoms with Gasteiger partial charge in [0.25, 0.3) is 0 Å². The van der Waals surface area contributed by atoms with Gasteiger partial charge in [-0.1, -0.05) is 26.0 Å². The fraction of sp³-hybridized carbons (Fsp3) is 0.500. The Hall–Kier alpha value is -1.51. The van der Waals surface area contributed by atoms with E-state index >= 15 is 0 Å². The van der Waals surface area contributed by atoms with Crippen LogP contribution in [0.15, 0.2) is 24.3 Å². The minimum atomic E-state index is -0.857. The highest BCUT2D eigenvalue weighted by Crippen LogP contribution is 2.36. The molecule has 0 N–H and O–H groups in total. The Morgan fingerprint density at radius 1 is 1.41 bits per heavy atom. The van der Waals surface area contributed by atoms with Crippen molar-refractivity contribution in [1.82, 2.24) is 0 Å². The standard InChI is InChI=1S/C14H18O3/c1-4-10(2)13(15)14(3)9-16-11-7-5-6-8-12(11)17-14/h5-8,10H,4,9H2,1-3H3. The Morgan fingerprint density at radius 2 is 2.06 bits per heavy atom. The Kier molecular flexibility index (Phi) is 3.09. The smallest absolute Gasteiger partial charge is 0.198 e. The molecule has 1 aliphatic rings. The summed E-state index contributed by atoms with van der Waals surface area (Å²) in [6.45, 7) is 6.02. The first-order valence-corrected chi connectivity index (χ1v) is 6.02. The van der Waals surface area contributed by atoms with Gasteiger partial charge in [0.05, 0.1) is 0 Å². The molecule has 2 rings (SSSR count). The minimum Gasteiger partial charge on any atom is -0.485 e. The maximum atomic E-state index is 12.3. The van der Waals surface area contributed by atoms with Gasteiger partial charge in [0.2, 0.25) is 0 Å². The lowest BCUT2D eigenvalue weighted by molar-refractivity contribution is -0.141. The molecule has 0 aromatic heterocycles. The zero-order chi connectivity index (χ0) is 12.5. The van der Waals surface area contributed by atoms with E-state index in [1.807, 2.05) is 38.1 Å². The average Bonchev–Trinajstić information content (AvgIpc) is 2.36. The maximum Gasteiger partial charge on any atom is 0.198 e. The van der Waals surface area contributed by atoms with Crippen LogP contribution in [0.1, 0.15) is 27.2 Å². The van der Waals surface area contributed by atoms with Crippen molar-refractivity contribution in [2.24, 2.45) is 5.92 Å². The van der Waals surface area contributed by atoms with E-state index in [1.165, 1.54) is 0 Å². The third-order valence-corrected chi connectivity index (χ3v) is 3.27. The van der Waals surface area contributed by atoms with Crippen LogP contribution in [0.3, 0.4) is 0 Å². The first-order valence-electron chi connectivity index (χ1n) is 6.02. The monoisotopic (exact) mass is 234 g/mol. The van der Waals surface area contributed by atoms with E-state index in [2.05, 4.69) is 0 Å². The van der Waals surface area contributed by atoms with Gasteiger partial charge in [0.15, 0.2) is 22.9 Å². The molecule has 1 heterocycles. The number of para-hydroxylation sites is 2. The van der Waals surface area contributed by atoms with Crippen LogP contribution in [0.25, 0.3) is 0 Å². The summed E-state index contributed by atoms with van der Waals surface area (Å²) in [5, 5.41) is 0. The Labute approximate surface area is 102 Å². The molecule has 0 aliphatic carbocycles. The van der Waals surface area contributed by atoms with Crippen LogP contribution in [0.2, 0.25) is 0 Å². The maximum absolute atomic E-state index is 12.3. The van der Waals surface area contributed by atoms with Gasteiger partial charge in [-0.05, 0) is 25.5 Å². The van der Waals surface area contributed by atoms with Crippen molar-refractivity contribution in [3.8, 4) is 11.5 Å². The molecule has 0 saturated carbocycles. The molecule has 1 aromatic carbocycles. The van der Waals surface area contributed by atoms with Crippen LogP contribution in [0.5, 0.6) is 11.5 Å². The Bertz CT molecular complexity index is 427. The van der Waals surface area contributed by atoms with Gasteiger partial charge in [-0.3, -0.25) is 4.79 Å². The highest BCUT2D eigenvalue weighted by molar-refractivity contribution is 5.89. The lowest BCUT2D eigenvalue weighted by Crippen LogP contribution is -2.51. The third kappa shape index (κ3) is 2.14. The van der Waals surface area contributed by atoms with Crippen LogP contribution in [0, 0.1) is 5.92 Å².